The molecule has 0 aromatic heterocycles. The van der Waals surface area contributed by atoms with Crippen molar-refractivity contribution in [2.45, 2.75) is 43.9 Å². The molecule has 0 aliphatic carbocycles. The van der Waals surface area contributed by atoms with Crippen LogP contribution in [0.25, 0.3) is 0 Å². The van der Waals surface area contributed by atoms with E-state index in [0.717, 1.165) is 0 Å². The molecule has 1 aromatic rings. The normalized spacial score (nSPS) is 29.0. The molecule has 0 spiro atoms. The summed E-state index contributed by atoms with van der Waals surface area (Å²) >= 11 is 1.47. The van der Waals surface area contributed by atoms with Gasteiger partial charge >= 0.3 is 5.97 Å². The van der Waals surface area contributed by atoms with E-state index in [4.69, 9.17) is 0 Å². The number of hydrogen-bond acceptors (Lipinski definition) is 6. The van der Waals surface area contributed by atoms with Crippen LogP contribution in [0.15, 0.2) is 35.5 Å². The summed E-state index contributed by atoms with van der Waals surface area (Å²) < 4.78 is 0. The van der Waals surface area contributed by atoms with Crippen molar-refractivity contribution < 1.29 is 24.6 Å². The number of phenols is 1. The Bertz CT molecular complexity index is 911. The van der Waals surface area contributed by atoms with Crippen LogP contribution in [0, 0.1) is 0 Å². The minimum absolute atomic E-state index is 0.0255. The van der Waals surface area contributed by atoms with Crippen molar-refractivity contribution in [3.05, 3.63) is 41.1 Å². The summed E-state index contributed by atoms with van der Waals surface area (Å²) in [6, 6.07) is 5.01. The fourth-order valence-electron chi connectivity index (χ4n) is 4.14. The Morgan fingerprint density at radius 1 is 1.21 bits per heavy atom. The second kappa shape index (κ2) is 6.25. The van der Waals surface area contributed by atoms with Crippen LogP contribution in [0.5, 0.6) is 5.75 Å². The largest absolute Gasteiger partial charge is 0.508 e. The Labute approximate surface area is 166 Å². The van der Waals surface area contributed by atoms with Crippen LogP contribution >= 0.6 is 11.8 Å². The van der Waals surface area contributed by atoms with E-state index < -0.39 is 29.1 Å². The average molecular weight is 403 g/mol. The molecule has 3 aliphatic rings. The molecule has 0 radical (unpaired) electrons. The Hall–Kier alpha value is -2.52. The molecule has 3 aliphatic heterocycles. The zero-order chi connectivity index (χ0) is 20.4. The van der Waals surface area contributed by atoms with Crippen molar-refractivity contribution >= 4 is 29.5 Å². The molecule has 3 N–H and O–H groups in total. The lowest BCUT2D eigenvalue weighted by molar-refractivity contribution is -0.162. The number of benzene rings is 1. The molecule has 4 rings (SSSR count). The Balaban J connectivity index is 1.65. The smallest absolute Gasteiger partial charge is 0.352 e. The highest BCUT2D eigenvalue weighted by atomic mass is 32.2. The molecular weight excluding hydrogens is 382 g/mol. The molecule has 1 aromatic carbocycles. The first-order valence-electron chi connectivity index (χ1n) is 8.91. The zero-order valence-corrected chi connectivity index (χ0v) is 16.5. The van der Waals surface area contributed by atoms with Crippen molar-refractivity contribution in [2.75, 3.05) is 5.75 Å². The van der Waals surface area contributed by atoms with Gasteiger partial charge in [-0.3, -0.25) is 19.8 Å². The van der Waals surface area contributed by atoms with E-state index in [1.807, 2.05) is 13.8 Å². The highest BCUT2D eigenvalue weighted by molar-refractivity contribution is 8.00. The lowest BCUT2D eigenvalue weighted by Crippen LogP contribution is -2.73. The number of aliphatic carboxylic acids is 1. The number of aromatic hydroxyl groups is 1. The Kier molecular flexibility index (Phi) is 4.20. The molecule has 0 bridgehead atoms. The number of β-lactam (4-membered cyclic amide) rings is 1. The number of amides is 2. The van der Waals surface area contributed by atoms with Crippen LogP contribution in [0.3, 0.4) is 0 Å². The van der Waals surface area contributed by atoms with Gasteiger partial charge in [0.15, 0.2) is 0 Å². The molecule has 0 saturated carbocycles. The van der Waals surface area contributed by atoms with Crippen LogP contribution in [0.4, 0.5) is 0 Å². The molecule has 3 atom stereocenters. The fourth-order valence-corrected chi connectivity index (χ4v) is 5.47. The summed E-state index contributed by atoms with van der Waals surface area (Å²) in [5, 5.41) is 21.8. The molecule has 28 heavy (non-hydrogen) atoms. The number of carbonyl (C=O) groups excluding carboxylic acids is 2. The third-order valence-corrected chi connectivity index (χ3v) is 6.83. The number of nitrogens with one attached hydrogen (secondary N) is 1. The number of carboxylic acid groups (broad SMARTS) is 1. The number of carbonyl (C=O) groups is 3. The maximum Gasteiger partial charge on any atom is 0.352 e. The van der Waals surface area contributed by atoms with Crippen LogP contribution < -0.4 is 5.32 Å². The zero-order valence-electron chi connectivity index (χ0n) is 15.7. The number of thioether (sulfide) groups is 1. The molecule has 2 saturated heterocycles. The number of fused-ring (bicyclic) bond motifs is 1. The summed E-state index contributed by atoms with van der Waals surface area (Å²) in [5.41, 5.74) is 0.581. The number of nitrogens with zero attached hydrogens (tertiary/aromatic N) is 2. The van der Waals surface area contributed by atoms with Crippen LogP contribution in [-0.4, -0.2) is 60.6 Å². The van der Waals surface area contributed by atoms with E-state index in [1.54, 1.807) is 24.0 Å². The second-order valence-electron chi connectivity index (χ2n) is 7.72. The topological polar surface area (TPSA) is 110 Å². The molecule has 9 heteroatoms. The molecule has 8 nitrogen and oxygen atoms in total. The number of phenolic OH excluding ortho intramolecular Hbond substituents is 1. The van der Waals surface area contributed by atoms with Crippen LogP contribution in [0.1, 0.15) is 32.4 Å². The maximum absolute atomic E-state index is 13.2. The van der Waals surface area contributed by atoms with Gasteiger partial charge in [0, 0.05) is 5.75 Å². The molecule has 3 heterocycles. The summed E-state index contributed by atoms with van der Waals surface area (Å²) in [7, 11) is 0. The lowest BCUT2D eigenvalue weighted by Gasteiger charge is -2.54. The maximum atomic E-state index is 13.2. The SMILES string of the molecule is CC1=C(C(=O)O)N2C(=O)C(N3C(=O)C(c4ccc(O)cc4)NC3(C)C)[C@H]2SC1. The lowest BCUT2D eigenvalue weighted by atomic mass is 9.98. The second-order valence-corrected chi connectivity index (χ2v) is 8.83. The monoisotopic (exact) mass is 403 g/mol. The van der Waals surface area contributed by atoms with E-state index >= 15 is 0 Å². The first kappa shape index (κ1) is 18.8. The van der Waals surface area contributed by atoms with Crippen molar-refractivity contribution in [3.8, 4) is 5.75 Å². The van der Waals surface area contributed by atoms with Gasteiger partial charge in [-0.1, -0.05) is 12.1 Å². The van der Waals surface area contributed by atoms with Gasteiger partial charge in [0.1, 0.15) is 28.9 Å². The first-order valence-corrected chi connectivity index (χ1v) is 9.96. The van der Waals surface area contributed by atoms with Crippen LogP contribution in [-0.2, 0) is 14.4 Å². The fraction of sp³-hybridized carbons (Fsp3) is 0.421. The molecule has 2 amide bonds. The Morgan fingerprint density at radius 3 is 2.46 bits per heavy atom. The molecule has 2 unspecified atom stereocenters. The number of hydrogen-bond donors (Lipinski definition) is 3. The van der Waals surface area contributed by atoms with Gasteiger partial charge in [-0.25, -0.2) is 4.79 Å². The Morgan fingerprint density at radius 2 is 1.86 bits per heavy atom. The van der Waals surface area contributed by atoms with Crippen molar-refractivity contribution in [1.82, 2.24) is 15.1 Å². The third-order valence-electron chi connectivity index (χ3n) is 5.42. The van der Waals surface area contributed by atoms with Crippen LogP contribution in [0.2, 0.25) is 0 Å². The van der Waals surface area contributed by atoms with Gasteiger partial charge in [0.2, 0.25) is 5.91 Å². The highest BCUT2D eigenvalue weighted by Crippen LogP contribution is 2.46. The van der Waals surface area contributed by atoms with E-state index in [2.05, 4.69) is 5.32 Å². The highest BCUT2D eigenvalue weighted by Gasteiger charge is 2.61. The van der Waals surface area contributed by atoms with Crippen molar-refractivity contribution in [3.63, 3.8) is 0 Å². The van der Waals surface area contributed by atoms with E-state index in [9.17, 15) is 24.6 Å². The summed E-state index contributed by atoms with van der Waals surface area (Å²) in [6.07, 6.45) is 0. The van der Waals surface area contributed by atoms with Gasteiger partial charge in [-0.05, 0) is 44.0 Å². The predicted molar refractivity (Wildman–Crippen MR) is 102 cm³/mol. The number of carboxylic acids is 1. The van der Waals surface area contributed by atoms with Gasteiger partial charge in [0.05, 0.1) is 5.66 Å². The quantitative estimate of drug-likeness (QED) is 0.652. The summed E-state index contributed by atoms with van der Waals surface area (Å²) in [5.74, 6) is -1.12. The van der Waals surface area contributed by atoms with Crippen molar-refractivity contribution in [1.29, 1.82) is 0 Å². The summed E-state index contributed by atoms with van der Waals surface area (Å²) in [6.45, 7) is 5.36. The van der Waals surface area contributed by atoms with Gasteiger partial charge in [-0.15, -0.1) is 11.8 Å². The van der Waals surface area contributed by atoms with Gasteiger partial charge < -0.3 is 15.1 Å². The predicted octanol–water partition coefficient (Wildman–Crippen LogP) is 1.24. The van der Waals surface area contributed by atoms with Crippen molar-refractivity contribution in [2.24, 2.45) is 0 Å². The van der Waals surface area contributed by atoms with E-state index in [1.165, 1.54) is 28.8 Å². The van der Waals surface area contributed by atoms with E-state index in [-0.39, 0.29) is 23.3 Å². The molecule has 148 valence electrons. The third kappa shape index (κ3) is 2.61. The molecule has 2 fully saturated rings. The van der Waals surface area contributed by atoms with Gasteiger partial charge in [0.25, 0.3) is 5.91 Å². The van der Waals surface area contributed by atoms with E-state index in [0.29, 0.717) is 16.9 Å². The minimum atomic E-state index is -1.12. The minimum Gasteiger partial charge on any atom is -0.508 e. The number of rotatable bonds is 3. The first-order chi connectivity index (χ1) is 13.1. The standard InChI is InChI=1S/C19H21N3O5S/c1-9-8-28-17-14(16(25)21(17)13(9)18(26)27)22-15(24)12(20-19(22,2)3)10-4-6-11(23)7-5-10/h4-7,12,14,17,20,23H,8H2,1-3H3,(H,26,27)/t12?,14?,17-/m1/s1. The average Bonchev–Trinajstić information content (AvgIpc) is 2.86. The van der Waals surface area contributed by atoms with Gasteiger partial charge in [-0.2, -0.15) is 0 Å². The molecular formula is C19H21N3O5S. The summed E-state index contributed by atoms with van der Waals surface area (Å²) in [4.78, 5) is 40.6.